The van der Waals surface area contributed by atoms with E-state index in [2.05, 4.69) is 5.32 Å². The van der Waals surface area contributed by atoms with Crippen molar-refractivity contribution in [3.63, 3.8) is 0 Å². The largest absolute Gasteiger partial charge is 0.456 e. The molecule has 0 spiro atoms. The summed E-state index contributed by atoms with van der Waals surface area (Å²) in [5, 5.41) is 13.9. The number of halogens is 1. The van der Waals surface area contributed by atoms with Gasteiger partial charge in [0.2, 0.25) is 5.91 Å². The fourth-order valence-corrected chi connectivity index (χ4v) is 4.16. The van der Waals surface area contributed by atoms with E-state index < -0.39 is 28.5 Å². The van der Waals surface area contributed by atoms with Crippen molar-refractivity contribution in [2.24, 2.45) is 0 Å². The Hall–Kier alpha value is -3.89. The fraction of sp³-hybridized carbons (Fsp3) is 0.0870. The quantitative estimate of drug-likeness (QED) is 0.271. The summed E-state index contributed by atoms with van der Waals surface area (Å²) in [7, 11) is 0. The molecule has 0 unspecified atom stereocenters. The van der Waals surface area contributed by atoms with Crippen LogP contribution in [0.15, 0.2) is 63.9 Å². The zero-order valence-electron chi connectivity index (χ0n) is 17.6. The zero-order chi connectivity index (χ0) is 24.4. The Labute approximate surface area is 202 Å². The third-order valence-corrected chi connectivity index (χ3v) is 5.98. The first kappa shape index (κ1) is 23.3. The van der Waals surface area contributed by atoms with E-state index in [1.165, 1.54) is 12.1 Å². The standard InChI is InChI=1S/C23H16ClN3O6S/c1-13-2-8-17(18(10-13)27(31)32)19-9-7-16(33-19)11-20-22(29)26(23(30)34-20)12-21(28)25-15-5-3-14(24)4-6-15/h2-11H,12H2,1H3,(H,25,28)/b20-11+. The molecule has 1 saturated heterocycles. The van der Waals surface area contributed by atoms with Crippen LogP contribution in [0.25, 0.3) is 17.4 Å². The summed E-state index contributed by atoms with van der Waals surface area (Å²) in [6.45, 7) is 1.29. The molecule has 4 rings (SSSR count). The van der Waals surface area contributed by atoms with Crippen LogP contribution in [0.4, 0.5) is 16.2 Å². The Balaban J connectivity index is 1.49. The van der Waals surface area contributed by atoms with Crippen LogP contribution in [0.1, 0.15) is 11.3 Å². The van der Waals surface area contributed by atoms with Crippen molar-refractivity contribution in [3.8, 4) is 11.3 Å². The first-order chi connectivity index (χ1) is 16.2. The van der Waals surface area contributed by atoms with Crippen LogP contribution in [0.2, 0.25) is 5.02 Å². The third-order valence-electron chi connectivity index (χ3n) is 4.82. The molecule has 1 aliphatic heterocycles. The molecule has 1 aromatic heterocycles. The van der Waals surface area contributed by atoms with E-state index in [1.54, 1.807) is 55.5 Å². The van der Waals surface area contributed by atoms with Crippen LogP contribution in [0.3, 0.4) is 0 Å². The maximum absolute atomic E-state index is 12.7. The van der Waals surface area contributed by atoms with E-state index in [1.807, 2.05) is 0 Å². The van der Waals surface area contributed by atoms with Crippen LogP contribution in [-0.4, -0.2) is 33.4 Å². The minimum atomic E-state index is -0.638. The van der Waals surface area contributed by atoms with E-state index in [0.29, 0.717) is 28.0 Å². The summed E-state index contributed by atoms with van der Waals surface area (Å²) >= 11 is 6.49. The van der Waals surface area contributed by atoms with Gasteiger partial charge < -0.3 is 9.73 Å². The van der Waals surface area contributed by atoms with Gasteiger partial charge in [-0.3, -0.25) is 29.4 Å². The molecule has 1 N–H and O–H groups in total. The predicted molar refractivity (Wildman–Crippen MR) is 128 cm³/mol. The molecule has 3 aromatic rings. The molecule has 0 radical (unpaired) electrons. The monoisotopic (exact) mass is 497 g/mol. The van der Waals surface area contributed by atoms with Crippen molar-refractivity contribution < 1.29 is 23.7 Å². The van der Waals surface area contributed by atoms with Crippen LogP contribution in [0, 0.1) is 17.0 Å². The van der Waals surface area contributed by atoms with E-state index in [0.717, 1.165) is 10.5 Å². The topological polar surface area (TPSA) is 123 Å². The van der Waals surface area contributed by atoms with Gasteiger partial charge in [-0.05, 0) is 66.7 Å². The van der Waals surface area contributed by atoms with E-state index in [9.17, 15) is 24.5 Å². The van der Waals surface area contributed by atoms with Gasteiger partial charge in [-0.15, -0.1) is 0 Å². The highest BCUT2D eigenvalue weighted by Gasteiger charge is 2.36. The first-order valence-electron chi connectivity index (χ1n) is 9.87. The van der Waals surface area contributed by atoms with Gasteiger partial charge in [0.15, 0.2) is 0 Å². The molecule has 172 valence electrons. The summed E-state index contributed by atoms with van der Waals surface area (Å²) in [6, 6.07) is 14.2. The number of furan rings is 1. The lowest BCUT2D eigenvalue weighted by Gasteiger charge is -2.12. The Bertz CT molecular complexity index is 1350. The molecule has 11 heteroatoms. The number of thioether (sulfide) groups is 1. The third kappa shape index (κ3) is 5.03. The smallest absolute Gasteiger partial charge is 0.294 e. The number of rotatable bonds is 6. The lowest BCUT2D eigenvalue weighted by atomic mass is 10.1. The van der Waals surface area contributed by atoms with Gasteiger partial charge in [0, 0.05) is 22.9 Å². The summed E-state index contributed by atoms with van der Waals surface area (Å²) in [4.78, 5) is 49.1. The van der Waals surface area contributed by atoms with E-state index in [4.69, 9.17) is 16.0 Å². The normalized spacial score (nSPS) is 14.6. The number of nitrogens with zero attached hydrogens (tertiary/aromatic N) is 2. The van der Waals surface area contributed by atoms with E-state index in [-0.39, 0.29) is 22.1 Å². The molecule has 1 aliphatic rings. The number of anilines is 1. The summed E-state index contributed by atoms with van der Waals surface area (Å²) < 4.78 is 5.68. The molecule has 2 aromatic carbocycles. The molecule has 34 heavy (non-hydrogen) atoms. The second-order valence-corrected chi connectivity index (χ2v) is 8.73. The van der Waals surface area contributed by atoms with Gasteiger partial charge in [0.1, 0.15) is 18.1 Å². The number of nitro groups is 1. The second-order valence-electron chi connectivity index (χ2n) is 7.30. The minimum absolute atomic E-state index is 0.0728. The molecule has 0 saturated carbocycles. The average Bonchev–Trinajstić information content (AvgIpc) is 3.35. The number of carbonyl (C=O) groups is 3. The van der Waals surface area contributed by atoms with Gasteiger partial charge in [-0.1, -0.05) is 17.7 Å². The summed E-state index contributed by atoms with van der Waals surface area (Å²) in [5.74, 6) is -0.695. The van der Waals surface area contributed by atoms with Gasteiger partial charge in [-0.2, -0.15) is 0 Å². The molecule has 1 fully saturated rings. The van der Waals surface area contributed by atoms with Crippen molar-refractivity contribution in [1.29, 1.82) is 0 Å². The minimum Gasteiger partial charge on any atom is -0.456 e. The first-order valence-corrected chi connectivity index (χ1v) is 11.1. The number of aryl methyl sites for hydroxylation is 1. The number of hydrogen-bond acceptors (Lipinski definition) is 7. The number of amides is 3. The van der Waals surface area contributed by atoms with Gasteiger partial charge in [0.25, 0.3) is 16.8 Å². The average molecular weight is 498 g/mol. The number of benzene rings is 2. The number of nitrogens with one attached hydrogen (secondary N) is 1. The van der Waals surface area contributed by atoms with Crippen molar-refractivity contribution in [1.82, 2.24) is 4.90 Å². The van der Waals surface area contributed by atoms with Crippen LogP contribution >= 0.6 is 23.4 Å². The van der Waals surface area contributed by atoms with Crippen LogP contribution < -0.4 is 5.32 Å². The molecule has 9 nitrogen and oxygen atoms in total. The highest BCUT2D eigenvalue weighted by molar-refractivity contribution is 8.18. The maximum Gasteiger partial charge on any atom is 0.294 e. The molecular formula is C23H16ClN3O6S. The molecule has 0 bridgehead atoms. The number of nitro benzene ring substituents is 1. The second kappa shape index (κ2) is 9.54. The molecule has 0 atom stereocenters. The number of hydrogen-bond donors (Lipinski definition) is 1. The number of carbonyl (C=O) groups excluding carboxylic acids is 3. The fourth-order valence-electron chi connectivity index (χ4n) is 3.22. The maximum atomic E-state index is 12.7. The van der Waals surface area contributed by atoms with Crippen LogP contribution in [-0.2, 0) is 9.59 Å². The van der Waals surface area contributed by atoms with Crippen LogP contribution in [0.5, 0.6) is 0 Å². The van der Waals surface area contributed by atoms with Crippen molar-refractivity contribution in [2.75, 3.05) is 11.9 Å². The lowest BCUT2D eigenvalue weighted by Crippen LogP contribution is -2.36. The van der Waals surface area contributed by atoms with Crippen molar-refractivity contribution >= 4 is 57.9 Å². The zero-order valence-corrected chi connectivity index (χ0v) is 19.2. The Morgan fingerprint density at radius 2 is 1.91 bits per heavy atom. The van der Waals surface area contributed by atoms with Crippen molar-refractivity contribution in [3.05, 3.63) is 86.0 Å². The Morgan fingerprint density at radius 3 is 2.62 bits per heavy atom. The van der Waals surface area contributed by atoms with Crippen molar-refractivity contribution in [2.45, 2.75) is 6.92 Å². The highest BCUT2D eigenvalue weighted by Crippen LogP contribution is 2.35. The number of imide groups is 1. The Kier molecular flexibility index (Phi) is 6.53. The lowest BCUT2D eigenvalue weighted by molar-refractivity contribution is -0.384. The molecular weight excluding hydrogens is 482 g/mol. The van der Waals surface area contributed by atoms with E-state index >= 15 is 0 Å². The SMILES string of the molecule is Cc1ccc(-c2ccc(/C=C3/SC(=O)N(CC(=O)Nc4ccc(Cl)cc4)C3=O)o2)c([N+](=O)[O-])c1. The molecule has 3 amide bonds. The van der Waals surface area contributed by atoms with Gasteiger partial charge in [0.05, 0.1) is 15.4 Å². The predicted octanol–water partition coefficient (Wildman–Crippen LogP) is 5.49. The summed E-state index contributed by atoms with van der Waals surface area (Å²) in [6.07, 6.45) is 1.37. The highest BCUT2D eigenvalue weighted by atomic mass is 35.5. The molecule has 2 heterocycles. The van der Waals surface area contributed by atoms with Gasteiger partial charge in [-0.25, -0.2) is 0 Å². The molecule has 0 aliphatic carbocycles. The Morgan fingerprint density at radius 1 is 1.18 bits per heavy atom. The van der Waals surface area contributed by atoms with Gasteiger partial charge >= 0.3 is 0 Å². The summed E-state index contributed by atoms with van der Waals surface area (Å²) in [5.41, 5.74) is 1.40.